The first-order valence-corrected chi connectivity index (χ1v) is 6.57. The maximum absolute atomic E-state index is 10.9. The van der Waals surface area contributed by atoms with Gasteiger partial charge in [-0.2, -0.15) is 0 Å². The van der Waals surface area contributed by atoms with Crippen molar-refractivity contribution in [1.29, 1.82) is 0 Å². The van der Waals surface area contributed by atoms with Crippen LogP contribution in [0.4, 0.5) is 0 Å². The van der Waals surface area contributed by atoms with E-state index in [1.165, 1.54) is 19.3 Å². The van der Waals surface area contributed by atoms with Crippen molar-refractivity contribution < 1.29 is 5.11 Å². The topological polar surface area (TPSA) is 20.2 Å². The lowest BCUT2D eigenvalue weighted by atomic mass is 9.54. The Kier molecular flexibility index (Phi) is 1.67. The van der Waals surface area contributed by atoms with Crippen molar-refractivity contribution in [1.82, 2.24) is 0 Å². The Hall–Kier alpha value is -0.820. The number of rotatable bonds is 1. The molecular weight excluding hydrogens is 196 g/mol. The zero-order chi connectivity index (χ0) is 10.8. The van der Waals surface area contributed by atoms with E-state index < -0.39 is 5.60 Å². The second-order valence-electron chi connectivity index (χ2n) is 6.02. The molecule has 0 amide bonds. The molecule has 16 heavy (non-hydrogen) atoms. The smallest absolute Gasteiger partial charge is 0.0932 e. The fourth-order valence-electron chi connectivity index (χ4n) is 4.82. The molecule has 2 bridgehead atoms. The monoisotopic (exact) mass is 214 g/mol. The zero-order valence-corrected chi connectivity index (χ0v) is 9.47. The molecule has 1 heteroatoms. The molecule has 1 aromatic carbocycles. The van der Waals surface area contributed by atoms with Crippen LogP contribution < -0.4 is 0 Å². The predicted octanol–water partition coefficient (Wildman–Crippen LogP) is 2.94. The molecule has 0 spiro atoms. The standard InChI is InChI=1S/C15H18O/c16-15(12-4-2-1-3-5-12)9-13-10-6-7-11(8-10)14(13)15/h1-5,10-11,13-14,16H,6-9H2/t10-,11+,13+,14-,15-/m1/s1. The van der Waals surface area contributed by atoms with E-state index in [9.17, 15) is 5.11 Å². The summed E-state index contributed by atoms with van der Waals surface area (Å²) in [7, 11) is 0. The van der Waals surface area contributed by atoms with Crippen LogP contribution in [0.25, 0.3) is 0 Å². The van der Waals surface area contributed by atoms with Gasteiger partial charge in [-0.05, 0) is 54.9 Å². The highest BCUT2D eigenvalue weighted by Gasteiger charge is 2.64. The average Bonchev–Trinajstić information content (AvgIpc) is 2.85. The van der Waals surface area contributed by atoms with Gasteiger partial charge >= 0.3 is 0 Å². The Bertz CT molecular complexity index is 411. The van der Waals surface area contributed by atoms with E-state index in [4.69, 9.17) is 0 Å². The second-order valence-corrected chi connectivity index (χ2v) is 6.02. The van der Waals surface area contributed by atoms with Crippen molar-refractivity contribution in [2.24, 2.45) is 23.7 Å². The SMILES string of the molecule is O[C@@]1(c2ccccc2)C[C@H]2[C@@H]3CC[C@@H](C3)[C@H]21. The summed E-state index contributed by atoms with van der Waals surface area (Å²) in [5, 5.41) is 10.9. The van der Waals surface area contributed by atoms with Gasteiger partial charge in [0.2, 0.25) is 0 Å². The Morgan fingerprint density at radius 2 is 1.81 bits per heavy atom. The van der Waals surface area contributed by atoms with Gasteiger partial charge in [0.05, 0.1) is 5.60 Å². The van der Waals surface area contributed by atoms with Crippen LogP contribution >= 0.6 is 0 Å². The van der Waals surface area contributed by atoms with Crippen LogP contribution in [0, 0.1) is 23.7 Å². The van der Waals surface area contributed by atoms with Gasteiger partial charge in [-0.15, -0.1) is 0 Å². The molecule has 1 nitrogen and oxygen atoms in total. The molecule has 84 valence electrons. The third-order valence-corrected chi connectivity index (χ3v) is 5.46. The van der Waals surface area contributed by atoms with Crippen LogP contribution in [-0.2, 0) is 5.60 Å². The molecule has 4 rings (SSSR count). The van der Waals surface area contributed by atoms with Gasteiger partial charge in [-0.25, -0.2) is 0 Å². The third kappa shape index (κ3) is 0.958. The predicted molar refractivity (Wildman–Crippen MR) is 62.8 cm³/mol. The van der Waals surface area contributed by atoms with Crippen molar-refractivity contribution in [2.75, 3.05) is 0 Å². The van der Waals surface area contributed by atoms with E-state index in [1.54, 1.807) is 0 Å². The molecular formula is C15H18O. The number of hydrogen-bond acceptors (Lipinski definition) is 1. The average molecular weight is 214 g/mol. The van der Waals surface area contributed by atoms with Gasteiger partial charge in [0.25, 0.3) is 0 Å². The molecule has 3 fully saturated rings. The molecule has 3 aliphatic rings. The number of aliphatic hydroxyl groups is 1. The van der Waals surface area contributed by atoms with Gasteiger partial charge in [0, 0.05) is 0 Å². The van der Waals surface area contributed by atoms with Crippen LogP contribution in [0.1, 0.15) is 31.2 Å². The molecule has 0 unspecified atom stereocenters. The van der Waals surface area contributed by atoms with Crippen LogP contribution in [0.15, 0.2) is 30.3 Å². The third-order valence-electron chi connectivity index (χ3n) is 5.46. The summed E-state index contributed by atoms with van der Waals surface area (Å²) in [5.74, 6) is 3.17. The van der Waals surface area contributed by atoms with E-state index >= 15 is 0 Å². The first-order chi connectivity index (χ1) is 7.79. The van der Waals surface area contributed by atoms with Crippen molar-refractivity contribution in [2.45, 2.75) is 31.3 Å². The van der Waals surface area contributed by atoms with Crippen molar-refractivity contribution in [3.05, 3.63) is 35.9 Å². The van der Waals surface area contributed by atoms with Crippen LogP contribution in [0.2, 0.25) is 0 Å². The van der Waals surface area contributed by atoms with E-state index in [1.807, 2.05) is 18.2 Å². The Balaban J connectivity index is 1.71. The lowest BCUT2D eigenvalue weighted by Crippen LogP contribution is -2.53. The number of benzene rings is 1. The molecule has 0 aromatic heterocycles. The highest BCUT2D eigenvalue weighted by Crippen LogP contribution is 2.68. The maximum atomic E-state index is 10.9. The van der Waals surface area contributed by atoms with Gasteiger partial charge in [0.1, 0.15) is 0 Å². The minimum Gasteiger partial charge on any atom is -0.385 e. The summed E-state index contributed by atoms with van der Waals surface area (Å²) >= 11 is 0. The van der Waals surface area contributed by atoms with E-state index in [0.717, 1.165) is 29.7 Å². The molecule has 3 aliphatic carbocycles. The fourth-order valence-corrected chi connectivity index (χ4v) is 4.82. The summed E-state index contributed by atoms with van der Waals surface area (Å²) in [4.78, 5) is 0. The Labute approximate surface area is 96.5 Å². The molecule has 5 atom stereocenters. The van der Waals surface area contributed by atoms with E-state index in [-0.39, 0.29) is 0 Å². The molecule has 1 aromatic rings. The number of fused-ring (bicyclic) bond motifs is 5. The molecule has 0 saturated heterocycles. The summed E-state index contributed by atoms with van der Waals surface area (Å²) in [5.41, 5.74) is 0.676. The molecule has 0 radical (unpaired) electrons. The normalized spacial score (nSPS) is 48.8. The van der Waals surface area contributed by atoms with E-state index in [2.05, 4.69) is 12.1 Å². The summed E-state index contributed by atoms with van der Waals surface area (Å²) in [6.07, 6.45) is 5.20. The minimum atomic E-state index is -0.480. The molecule has 0 heterocycles. The Morgan fingerprint density at radius 3 is 2.56 bits per heavy atom. The van der Waals surface area contributed by atoms with E-state index in [0.29, 0.717) is 5.92 Å². The summed E-state index contributed by atoms with van der Waals surface area (Å²) in [6.45, 7) is 0. The van der Waals surface area contributed by atoms with Gasteiger partial charge in [0.15, 0.2) is 0 Å². The molecule has 0 aliphatic heterocycles. The van der Waals surface area contributed by atoms with Gasteiger partial charge in [-0.3, -0.25) is 0 Å². The maximum Gasteiger partial charge on any atom is 0.0932 e. The Morgan fingerprint density at radius 1 is 1.06 bits per heavy atom. The number of hydrogen-bond donors (Lipinski definition) is 1. The van der Waals surface area contributed by atoms with Gasteiger partial charge < -0.3 is 5.11 Å². The first kappa shape index (κ1) is 9.23. The summed E-state index contributed by atoms with van der Waals surface area (Å²) < 4.78 is 0. The lowest BCUT2D eigenvalue weighted by Gasteiger charge is -2.54. The van der Waals surface area contributed by atoms with Crippen molar-refractivity contribution in [3.8, 4) is 0 Å². The largest absolute Gasteiger partial charge is 0.385 e. The molecule has 1 N–H and O–H groups in total. The highest BCUT2D eigenvalue weighted by atomic mass is 16.3. The fraction of sp³-hybridized carbons (Fsp3) is 0.600. The van der Waals surface area contributed by atoms with Gasteiger partial charge in [-0.1, -0.05) is 30.3 Å². The second kappa shape index (κ2) is 2.89. The lowest BCUT2D eigenvalue weighted by molar-refractivity contribution is -0.166. The van der Waals surface area contributed by atoms with Crippen LogP contribution in [0.5, 0.6) is 0 Å². The van der Waals surface area contributed by atoms with Crippen LogP contribution in [-0.4, -0.2) is 5.11 Å². The quantitative estimate of drug-likeness (QED) is 0.762. The molecule has 3 saturated carbocycles. The van der Waals surface area contributed by atoms with Crippen molar-refractivity contribution in [3.63, 3.8) is 0 Å². The first-order valence-electron chi connectivity index (χ1n) is 6.57. The summed E-state index contributed by atoms with van der Waals surface area (Å²) in [6, 6.07) is 10.3. The van der Waals surface area contributed by atoms with Crippen LogP contribution in [0.3, 0.4) is 0 Å². The zero-order valence-electron chi connectivity index (χ0n) is 9.47. The highest BCUT2D eigenvalue weighted by molar-refractivity contribution is 5.30. The van der Waals surface area contributed by atoms with Crippen molar-refractivity contribution >= 4 is 0 Å². The minimum absolute atomic E-state index is 0.480.